The highest BCUT2D eigenvalue weighted by Crippen LogP contribution is 2.24. The highest BCUT2D eigenvalue weighted by atomic mass is 79.9. The second-order valence-electron chi connectivity index (χ2n) is 3.91. The molecule has 2 aromatic rings. The smallest absolute Gasteiger partial charge is 0.272 e. The van der Waals surface area contributed by atoms with Gasteiger partial charge < -0.3 is 5.73 Å². The summed E-state index contributed by atoms with van der Waals surface area (Å²) in [6.07, 6.45) is 1.54. The van der Waals surface area contributed by atoms with Crippen LogP contribution in [0.15, 0.2) is 33.1 Å². The number of thiophene rings is 1. The number of halogens is 1. The first-order chi connectivity index (χ1) is 9.29. The fraction of sp³-hybridized carbons (Fsp3) is 0.0909. The van der Waals surface area contributed by atoms with Crippen LogP contribution in [-0.4, -0.2) is 18.4 Å². The van der Waals surface area contributed by atoms with Crippen molar-refractivity contribution in [2.24, 2.45) is 5.73 Å². The predicted molar refractivity (Wildman–Crippen MR) is 87.7 cm³/mol. The molecule has 0 spiro atoms. The maximum absolute atomic E-state index is 12.2. The maximum atomic E-state index is 12.2. The molecule has 0 atom stereocenters. The van der Waals surface area contributed by atoms with Gasteiger partial charge in [0.1, 0.15) is 15.0 Å². The van der Waals surface area contributed by atoms with E-state index in [0.29, 0.717) is 4.88 Å². The molecule has 0 amide bonds. The van der Waals surface area contributed by atoms with E-state index in [2.05, 4.69) is 25.6 Å². The molecule has 0 aromatic carbocycles. The number of rotatable bonds is 4. The molecular weight excluding hydrogens is 382 g/mol. The average Bonchev–Trinajstić information content (AvgIpc) is 2.84. The Hall–Kier alpha value is -1.03. The van der Waals surface area contributed by atoms with E-state index in [1.165, 1.54) is 6.07 Å². The van der Waals surface area contributed by atoms with Crippen LogP contribution >= 0.6 is 39.5 Å². The van der Waals surface area contributed by atoms with Crippen molar-refractivity contribution >= 4 is 60.3 Å². The van der Waals surface area contributed by atoms with Crippen molar-refractivity contribution in [1.82, 2.24) is 4.98 Å². The van der Waals surface area contributed by atoms with Gasteiger partial charge in [-0.25, -0.2) is 13.4 Å². The summed E-state index contributed by atoms with van der Waals surface area (Å²) in [5.41, 5.74) is 6.35. The number of sulfonamides is 1. The monoisotopic (exact) mass is 391 g/mol. The Morgan fingerprint density at radius 2 is 2.20 bits per heavy atom. The van der Waals surface area contributed by atoms with E-state index in [1.807, 2.05) is 6.92 Å². The second-order valence-corrected chi connectivity index (χ2v) is 8.19. The SMILES string of the molecule is Cc1cc(NS(=O)(=O)c2ccc(C(N)=S)s2)ncc1Br. The van der Waals surface area contributed by atoms with E-state index < -0.39 is 10.0 Å². The molecule has 106 valence electrons. The first-order valence-corrected chi connectivity index (χ1v) is 8.84. The van der Waals surface area contributed by atoms with Crippen LogP contribution in [0.5, 0.6) is 0 Å². The first-order valence-electron chi connectivity index (χ1n) is 5.34. The number of aryl methyl sites for hydroxylation is 1. The molecule has 0 aliphatic heterocycles. The summed E-state index contributed by atoms with van der Waals surface area (Å²) >= 11 is 9.14. The molecule has 0 bridgehead atoms. The normalized spacial score (nSPS) is 11.3. The molecule has 2 heterocycles. The van der Waals surface area contributed by atoms with Gasteiger partial charge in [-0.2, -0.15) is 0 Å². The number of thiocarbonyl (C=S) groups is 1. The van der Waals surface area contributed by atoms with Crippen molar-refractivity contribution < 1.29 is 8.42 Å². The lowest BCUT2D eigenvalue weighted by molar-refractivity contribution is 0.603. The molecule has 0 saturated heterocycles. The third kappa shape index (κ3) is 3.35. The van der Waals surface area contributed by atoms with Gasteiger partial charge in [0.2, 0.25) is 0 Å². The summed E-state index contributed by atoms with van der Waals surface area (Å²) in [5, 5.41) is 0. The summed E-state index contributed by atoms with van der Waals surface area (Å²) in [5.74, 6) is 0.260. The summed E-state index contributed by atoms with van der Waals surface area (Å²) in [6.45, 7) is 1.85. The molecular formula is C11H10BrN3O2S3. The lowest BCUT2D eigenvalue weighted by Crippen LogP contribution is -2.12. The van der Waals surface area contributed by atoms with Crippen LogP contribution in [-0.2, 0) is 10.0 Å². The van der Waals surface area contributed by atoms with Crippen molar-refractivity contribution in [2.45, 2.75) is 11.1 Å². The number of aromatic nitrogens is 1. The predicted octanol–water partition coefficient (Wildman–Crippen LogP) is 2.65. The van der Waals surface area contributed by atoms with Gasteiger partial charge in [-0.15, -0.1) is 11.3 Å². The van der Waals surface area contributed by atoms with Crippen LogP contribution in [0.2, 0.25) is 0 Å². The van der Waals surface area contributed by atoms with E-state index in [9.17, 15) is 8.42 Å². The molecule has 5 nitrogen and oxygen atoms in total. The van der Waals surface area contributed by atoms with E-state index in [4.69, 9.17) is 18.0 Å². The van der Waals surface area contributed by atoms with Crippen LogP contribution in [0.1, 0.15) is 10.4 Å². The van der Waals surface area contributed by atoms with E-state index in [1.54, 1.807) is 18.3 Å². The van der Waals surface area contributed by atoms with Crippen LogP contribution < -0.4 is 10.5 Å². The topological polar surface area (TPSA) is 85.1 Å². The van der Waals surface area contributed by atoms with Gasteiger partial charge >= 0.3 is 0 Å². The zero-order valence-electron chi connectivity index (χ0n) is 10.3. The molecule has 9 heteroatoms. The van der Waals surface area contributed by atoms with Crippen molar-refractivity contribution in [3.05, 3.63) is 39.3 Å². The molecule has 0 unspecified atom stereocenters. The molecule has 2 aromatic heterocycles. The highest BCUT2D eigenvalue weighted by Gasteiger charge is 2.18. The minimum Gasteiger partial charge on any atom is -0.389 e. The molecule has 2 rings (SSSR count). The number of nitrogens with one attached hydrogen (secondary N) is 1. The Kier molecular flexibility index (Phi) is 4.43. The lowest BCUT2D eigenvalue weighted by atomic mass is 10.3. The van der Waals surface area contributed by atoms with Crippen LogP contribution in [0.4, 0.5) is 5.82 Å². The molecule has 0 aliphatic carbocycles. The number of nitrogens with zero attached hydrogens (tertiary/aromatic N) is 1. The first kappa shape index (κ1) is 15.4. The standard InChI is InChI=1S/C11H10BrN3O2S3/c1-6-4-9(14-5-7(6)12)15-20(16,17)10-3-2-8(19-10)11(13)18/h2-5H,1H3,(H2,13,18)(H,14,15). The van der Waals surface area contributed by atoms with Gasteiger partial charge in [-0.05, 0) is 46.6 Å². The minimum absolute atomic E-state index is 0.141. The Balaban J connectivity index is 2.30. The van der Waals surface area contributed by atoms with Crippen molar-refractivity contribution in [3.8, 4) is 0 Å². The maximum Gasteiger partial charge on any atom is 0.272 e. The number of anilines is 1. The van der Waals surface area contributed by atoms with Crippen LogP contribution in [0.3, 0.4) is 0 Å². The van der Waals surface area contributed by atoms with Crippen LogP contribution in [0, 0.1) is 6.92 Å². The highest BCUT2D eigenvalue weighted by molar-refractivity contribution is 9.10. The van der Waals surface area contributed by atoms with Gasteiger partial charge in [0.05, 0.1) is 4.88 Å². The second kappa shape index (κ2) is 5.76. The summed E-state index contributed by atoms with van der Waals surface area (Å²) in [6, 6.07) is 4.69. The number of hydrogen-bond acceptors (Lipinski definition) is 5. The van der Waals surface area contributed by atoms with E-state index >= 15 is 0 Å². The number of pyridine rings is 1. The Labute approximate surface area is 134 Å². The molecule has 0 aliphatic rings. The van der Waals surface area contributed by atoms with Crippen molar-refractivity contribution in [3.63, 3.8) is 0 Å². The number of hydrogen-bond donors (Lipinski definition) is 2. The molecule has 20 heavy (non-hydrogen) atoms. The van der Waals surface area contributed by atoms with Gasteiger partial charge in [0.15, 0.2) is 0 Å². The quantitative estimate of drug-likeness (QED) is 0.782. The van der Waals surface area contributed by atoms with Gasteiger partial charge in [-0.1, -0.05) is 12.2 Å². The fourth-order valence-corrected chi connectivity index (χ4v) is 3.95. The van der Waals surface area contributed by atoms with Gasteiger partial charge in [0, 0.05) is 10.7 Å². The number of nitrogens with two attached hydrogens (primary N) is 1. The molecule has 0 fully saturated rings. The minimum atomic E-state index is -3.68. The Bertz CT molecular complexity index is 771. The molecule has 3 N–H and O–H groups in total. The van der Waals surface area contributed by atoms with E-state index in [0.717, 1.165) is 21.4 Å². The summed E-state index contributed by atoms with van der Waals surface area (Å²) in [7, 11) is -3.68. The summed E-state index contributed by atoms with van der Waals surface area (Å²) in [4.78, 5) is 4.74. The Morgan fingerprint density at radius 3 is 2.75 bits per heavy atom. The van der Waals surface area contributed by atoms with Gasteiger partial charge in [0.25, 0.3) is 10.0 Å². The molecule has 0 saturated carbocycles. The Morgan fingerprint density at radius 1 is 1.50 bits per heavy atom. The van der Waals surface area contributed by atoms with Gasteiger partial charge in [-0.3, -0.25) is 4.72 Å². The molecule has 0 radical (unpaired) electrons. The third-order valence-corrected chi connectivity index (χ3v) is 6.52. The van der Waals surface area contributed by atoms with E-state index in [-0.39, 0.29) is 15.0 Å². The van der Waals surface area contributed by atoms with Crippen LogP contribution in [0.25, 0.3) is 0 Å². The largest absolute Gasteiger partial charge is 0.389 e. The van der Waals surface area contributed by atoms with Crippen molar-refractivity contribution in [2.75, 3.05) is 4.72 Å². The summed E-state index contributed by atoms with van der Waals surface area (Å²) < 4.78 is 27.8. The zero-order chi connectivity index (χ0) is 14.9. The average molecular weight is 392 g/mol. The lowest BCUT2D eigenvalue weighted by Gasteiger charge is -2.06. The third-order valence-electron chi connectivity index (χ3n) is 2.37. The van der Waals surface area contributed by atoms with Crippen molar-refractivity contribution in [1.29, 1.82) is 0 Å². The fourth-order valence-electron chi connectivity index (χ4n) is 1.38. The zero-order valence-corrected chi connectivity index (χ0v) is 14.3.